The Bertz CT molecular complexity index is 1390. The summed E-state index contributed by atoms with van der Waals surface area (Å²) in [6.45, 7) is 2.84. The number of ether oxygens (including phenoxy) is 4. The number of hydrogen-bond acceptors (Lipinski definition) is 13. The van der Waals surface area contributed by atoms with Gasteiger partial charge in [-0.15, -0.1) is 0 Å². The molecule has 0 aliphatic carbocycles. The van der Waals surface area contributed by atoms with Gasteiger partial charge in [0, 0.05) is 6.42 Å². The van der Waals surface area contributed by atoms with Crippen molar-refractivity contribution in [3.8, 4) is 0 Å². The number of unbranched alkanes of at least 4 members (excludes halogenated alkanes) is 43. The zero-order valence-electron chi connectivity index (χ0n) is 51.4. The van der Waals surface area contributed by atoms with Crippen LogP contribution in [0.25, 0.3) is 0 Å². The van der Waals surface area contributed by atoms with Crippen molar-refractivity contribution < 1.29 is 64.6 Å². The third-order valence-electron chi connectivity index (χ3n) is 17.0. The molecule has 0 saturated carbocycles. The molecule has 2 rings (SSSR count). The molecule has 9 N–H and O–H groups in total. The maximum atomic E-state index is 13.3. The second-order valence-electron chi connectivity index (χ2n) is 24.3. The summed E-state index contributed by atoms with van der Waals surface area (Å²) < 4.78 is 22.8. The summed E-state index contributed by atoms with van der Waals surface area (Å²) in [4.78, 5) is 13.3. The molecule has 2 heterocycles. The average Bonchev–Trinajstić information content (AvgIpc) is 3.49. The van der Waals surface area contributed by atoms with Gasteiger partial charge in [-0.05, 0) is 19.3 Å². The van der Waals surface area contributed by atoms with E-state index < -0.39 is 86.8 Å². The van der Waals surface area contributed by atoms with E-state index in [2.05, 4.69) is 19.2 Å². The summed E-state index contributed by atoms with van der Waals surface area (Å²) in [6, 6.07) is -0.910. The predicted octanol–water partition coefficient (Wildman–Crippen LogP) is 13.0. The number of hydrogen-bond donors (Lipinski definition) is 9. The average molecular weight is 1140 g/mol. The summed E-state index contributed by atoms with van der Waals surface area (Å²) >= 11 is 0. The van der Waals surface area contributed by atoms with E-state index >= 15 is 0 Å². The molecule has 2 fully saturated rings. The van der Waals surface area contributed by atoms with E-state index in [0.717, 1.165) is 38.5 Å². The van der Waals surface area contributed by atoms with E-state index in [-0.39, 0.29) is 18.9 Å². The van der Waals surface area contributed by atoms with E-state index in [4.69, 9.17) is 18.9 Å². The minimum Gasteiger partial charge on any atom is -0.394 e. The maximum Gasteiger partial charge on any atom is 0.220 e. The topological polar surface area (TPSA) is 228 Å². The highest BCUT2D eigenvalue weighted by Crippen LogP contribution is 2.30. The molecule has 0 aromatic heterocycles. The van der Waals surface area contributed by atoms with Gasteiger partial charge in [0.25, 0.3) is 0 Å². The third-order valence-corrected chi connectivity index (χ3v) is 17.0. The SMILES string of the molecule is CCCCCCCCCCCCCCCC/C=C/[C@@H](O)[C@H](CO[C@@H]1O[C@H](CO)[C@@H](O[C@@H]2O[C@H](CO)[C@H](O)C(O)C2O)C(O)C1O)NC(=O)CCCCCCCCCCCCCCCCCCCCCCCCCCCCCCCC. The molecule has 14 nitrogen and oxygen atoms in total. The number of rotatable bonds is 56. The van der Waals surface area contributed by atoms with Crippen LogP contribution < -0.4 is 5.32 Å². The highest BCUT2D eigenvalue weighted by atomic mass is 16.7. The first-order valence-corrected chi connectivity index (χ1v) is 33.9. The highest BCUT2D eigenvalue weighted by molar-refractivity contribution is 5.76. The molecule has 0 bridgehead atoms. The fourth-order valence-corrected chi connectivity index (χ4v) is 11.5. The van der Waals surface area contributed by atoms with Crippen molar-refractivity contribution in [3.05, 3.63) is 12.2 Å². The monoisotopic (exact) mass is 1140 g/mol. The van der Waals surface area contributed by atoms with Gasteiger partial charge in [-0.25, -0.2) is 0 Å². The lowest BCUT2D eigenvalue weighted by Crippen LogP contribution is -2.65. The molecule has 0 radical (unpaired) electrons. The van der Waals surface area contributed by atoms with Gasteiger partial charge in [-0.2, -0.15) is 0 Å². The fourth-order valence-electron chi connectivity index (χ4n) is 11.5. The van der Waals surface area contributed by atoms with Crippen LogP contribution in [-0.2, 0) is 23.7 Å². The van der Waals surface area contributed by atoms with Gasteiger partial charge in [-0.3, -0.25) is 4.79 Å². The van der Waals surface area contributed by atoms with E-state index in [1.54, 1.807) is 6.08 Å². The molecule has 2 aliphatic heterocycles. The van der Waals surface area contributed by atoms with Crippen LogP contribution in [0.5, 0.6) is 0 Å². The normalized spacial score (nSPS) is 24.2. The van der Waals surface area contributed by atoms with Crippen molar-refractivity contribution in [1.29, 1.82) is 0 Å². The summed E-state index contributed by atoms with van der Waals surface area (Å²) in [5, 5.41) is 87.3. The Hall–Kier alpha value is -1.27. The van der Waals surface area contributed by atoms with Gasteiger partial charge in [-0.1, -0.05) is 296 Å². The van der Waals surface area contributed by atoms with Crippen LogP contribution in [0.3, 0.4) is 0 Å². The largest absolute Gasteiger partial charge is 0.394 e. The number of carbonyl (C=O) groups excluding carboxylic acids is 1. The lowest BCUT2D eigenvalue weighted by molar-refractivity contribution is -0.359. The van der Waals surface area contributed by atoms with Gasteiger partial charge in [0.2, 0.25) is 5.91 Å². The molecular weight excluding hydrogens is 1010 g/mol. The summed E-state index contributed by atoms with van der Waals surface area (Å²) in [7, 11) is 0. The van der Waals surface area contributed by atoms with E-state index in [9.17, 15) is 45.6 Å². The molecule has 12 atom stereocenters. The lowest BCUT2D eigenvalue weighted by atomic mass is 9.97. The number of aliphatic hydroxyl groups excluding tert-OH is 8. The second-order valence-corrected chi connectivity index (χ2v) is 24.3. The number of carbonyl (C=O) groups is 1. The van der Waals surface area contributed by atoms with Crippen molar-refractivity contribution in [1.82, 2.24) is 5.32 Å². The minimum absolute atomic E-state index is 0.232. The second kappa shape index (κ2) is 52.1. The molecule has 4 unspecified atom stereocenters. The molecule has 80 heavy (non-hydrogen) atoms. The molecule has 0 aromatic rings. The van der Waals surface area contributed by atoms with Crippen LogP contribution in [0, 0.1) is 0 Å². The van der Waals surface area contributed by atoms with Crippen LogP contribution in [0.4, 0.5) is 0 Å². The molecule has 0 aromatic carbocycles. The van der Waals surface area contributed by atoms with Gasteiger partial charge < -0.3 is 65.1 Å². The summed E-state index contributed by atoms with van der Waals surface area (Å²) in [5.74, 6) is -0.232. The van der Waals surface area contributed by atoms with Crippen molar-refractivity contribution >= 4 is 5.91 Å². The van der Waals surface area contributed by atoms with E-state index in [1.165, 1.54) is 244 Å². The van der Waals surface area contributed by atoms with Crippen LogP contribution in [-0.4, -0.2) is 140 Å². The predicted molar refractivity (Wildman–Crippen MR) is 323 cm³/mol. The van der Waals surface area contributed by atoms with E-state index in [0.29, 0.717) is 6.42 Å². The van der Waals surface area contributed by atoms with Crippen molar-refractivity contribution in [2.75, 3.05) is 19.8 Å². The van der Waals surface area contributed by atoms with E-state index in [1.807, 2.05) is 6.08 Å². The first kappa shape index (κ1) is 74.8. The van der Waals surface area contributed by atoms with Crippen molar-refractivity contribution in [2.24, 2.45) is 0 Å². The fraction of sp³-hybridized carbons (Fsp3) is 0.955. The zero-order valence-corrected chi connectivity index (χ0v) is 51.4. The Labute approximate surface area is 488 Å². The first-order chi connectivity index (χ1) is 39.1. The Morgan fingerprint density at radius 3 is 1.15 bits per heavy atom. The summed E-state index contributed by atoms with van der Waals surface area (Å²) in [6.07, 6.45) is 45.6. The summed E-state index contributed by atoms with van der Waals surface area (Å²) in [5.41, 5.74) is 0. The Balaban J connectivity index is 1.65. The maximum absolute atomic E-state index is 13.3. The molecule has 1 amide bonds. The molecule has 14 heteroatoms. The van der Waals surface area contributed by atoms with Crippen LogP contribution in [0.1, 0.15) is 309 Å². The quantitative estimate of drug-likeness (QED) is 0.0204. The first-order valence-electron chi connectivity index (χ1n) is 33.9. The number of aliphatic hydroxyl groups is 8. The molecule has 0 spiro atoms. The molecule has 2 aliphatic rings. The van der Waals surface area contributed by atoms with Crippen molar-refractivity contribution in [2.45, 2.75) is 383 Å². The van der Waals surface area contributed by atoms with Gasteiger partial charge >= 0.3 is 0 Å². The van der Waals surface area contributed by atoms with Gasteiger partial charge in [0.1, 0.15) is 48.8 Å². The highest BCUT2D eigenvalue weighted by Gasteiger charge is 2.51. The number of allylic oxidation sites excluding steroid dienone is 1. The minimum atomic E-state index is -1.79. The van der Waals surface area contributed by atoms with Crippen molar-refractivity contribution in [3.63, 3.8) is 0 Å². The van der Waals surface area contributed by atoms with Gasteiger partial charge in [0.05, 0.1) is 32.0 Å². The Kier molecular flexibility index (Phi) is 48.7. The van der Waals surface area contributed by atoms with Crippen LogP contribution >= 0.6 is 0 Å². The molecular formula is C66H127NO13. The lowest BCUT2D eigenvalue weighted by Gasteiger charge is -2.46. The van der Waals surface area contributed by atoms with Crippen LogP contribution in [0.2, 0.25) is 0 Å². The Morgan fingerprint density at radius 2 is 0.775 bits per heavy atom. The molecule has 2 saturated heterocycles. The van der Waals surface area contributed by atoms with Crippen LogP contribution in [0.15, 0.2) is 12.2 Å². The zero-order chi connectivity index (χ0) is 58.1. The van der Waals surface area contributed by atoms with Gasteiger partial charge in [0.15, 0.2) is 12.6 Å². The standard InChI is InChI=1S/C66H127NO13/c1-3-5-7-9-11-13-15-17-19-21-22-23-24-25-26-27-28-29-30-31-32-33-34-36-38-40-42-44-46-48-50-58(71)67-54(55(70)49-47-45-43-41-39-37-35-20-18-16-14-12-10-8-6-4-2)53-77-65-63(76)61(74)64(57(52-69)79-65)80-66-62(75)60(73)59(72)56(51-68)78-66/h47,49,54-57,59-66,68-70,72-76H,3-46,48,50-53H2,1-2H3,(H,67,71)/b49-47+/t54-,55+,56+,57+,59-,60?,61?,62?,63?,64+,65+,66-/m0/s1. The smallest absolute Gasteiger partial charge is 0.220 e. The Morgan fingerprint density at radius 1 is 0.438 bits per heavy atom. The molecule has 474 valence electrons. The number of amides is 1. The number of nitrogens with one attached hydrogen (secondary N) is 1. The third kappa shape index (κ3) is 36.5.